The minimum Gasteiger partial charge on any atom is -0.490 e. The molecule has 0 amide bonds. The zero-order chi connectivity index (χ0) is 17.0. The van der Waals surface area contributed by atoms with Gasteiger partial charge in [0.15, 0.2) is 0 Å². The second-order valence-electron chi connectivity index (χ2n) is 4.44. The molecule has 0 saturated heterocycles. The van der Waals surface area contributed by atoms with Crippen LogP contribution in [0.2, 0.25) is 20.1 Å². The maximum atomic E-state index is 11.2. The number of hydrogen-bond acceptors (Lipinski definition) is 3. The number of carboxylic acid groups (broad SMARTS) is 1. The average Bonchev–Trinajstić information content (AvgIpc) is 2.48. The van der Waals surface area contributed by atoms with Crippen molar-refractivity contribution in [2.24, 2.45) is 0 Å². The van der Waals surface area contributed by atoms with Gasteiger partial charge in [-0.15, -0.1) is 0 Å². The molecule has 2 rings (SSSR count). The van der Waals surface area contributed by atoms with E-state index in [1.807, 2.05) is 0 Å². The van der Waals surface area contributed by atoms with Crippen molar-refractivity contribution >= 4 is 58.1 Å². The predicted molar refractivity (Wildman–Crippen MR) is 93.9 cm³/mol. The molecule has 2 N–H and O–H groups in total. The third-order valence-electron chi connectivity index (χ3n) is 2.86. The molecule has 0 unspecified atom stereocenters. The molecule has 122 valence electrons. The van der Waals surface area contributed by atoms with Crippen LogP contribution in [0.4, 0.5) is 5.69 Å². The lowest BCUT2D eigenvalue weighted by Gasteiger charge is -2.13. The lowest BCUT2D eigenvalue weighted by atomic mass is 10.2. The van der Waals surface area contributed by atoms with Crippen LogP contribution in [0.25, 0.3) is 0 Å². The van der Waals surface area contributed by atoms with E-state index in [1.54, 1.807) is 18.2 Å². The Bertz CT molecular complexity index is 737. The second-order valence-corrected chi connectivity index (χ2v) is 6.07. The van der Waals surface area contributed by atoms with E-state index in [9.17, 15) is 9.90 Å². The second kappa shape index (κ2) is 7.97. The third kappa shape index (κ3) is 4.58. The molecule has 0 atom stereocenters. The van der Waals surface area contributed by atoms with Gasteiger partial charge in [0.05, 0.1) is 21.3 Å². The van der Waals surface area contributed by atoms with Gasteiger partial charge in [-0.1, -0.05) is 52.5 Å². The molecule has 0 radical (unpaired) electrons. The maximum Gasteiger partial charge on any atom is 0.337 e. The van der Waals surface area contributed by atoms with Crippen molar-refractivity contribution in [3.05, 3.63) is 56.0 Å². The molecule has 8 heteroatoms. The molecular weight excluding hydrogens is 384 g/mol. The Balaban J connectivity index is 2.02. The van der Waals surface area contributed by atoms with Gasteiger partial charge in [-0.05, 0) is 24.3 Å². The number of nitrogens with one attached hydrogen (secondary N) is 1. The van der Waals surface area contributed by atoms with Crippen molar-refractivity contribution < 1.29 is 14.6 Å². The predicted octanol–water partition coefficient (Wildman–Crippen LogP) is 5.49. The number of carbonyl (C=O) groups is 1. The molecule has 2 aromatic carbocycles. The van der Waals surface area contributed by atoms with Gasteiger partial charge in [0.25, 0.3) is 0 Å². The standard InChI is InChI=1S/C15H11Cl4NO3/c16-8-6-9(15(21)22)14(11(18)7-8)20-4-5-23-12-3-1-2-10(17)13(12)19/h1-3,6-7,20H,4-5H2,(H,21,22). The summed E-state index contributed by atoms with van der Waals surface area (Å²) in [6.45, 7) is 0.544. The van der Waals surface area contributed by atoms with Crippen LogP contribution in [-0.4, -0.2) is 24.2 Å². The number of anilines is 1. The van der Waals surface area contributed by atoms with Gasteiger partial charge >= 0.3 is 5.97 Å². The van der Waals surface area contributed by atoms with Crippen molar-refractivity contribution in [3.8, 4) is 5.75 Å². The van der Waals surface area contributed by atoms with Gasteiger partial charge in [-0.3, -0.25) is 0 Å². The zero-order valence-corrected chi connectivity index (χ0v) is 14.6. The molecule has 23 heavy (non-hydrogen) atoms. The highest BCUT2D eigenvalue weighted by atomic mass is 35.5. The van der Waals surface area contributed by atoms with Crippen LogP contribution in [0.1, 0.15) is 10.4 Å². The number of halogens is 4. The van der Waals surface area contributed by atoms with Crippen molar-refractivity contribution in [2.75, 3.05) is 18.5 Å². The minimum atomic E-state index is -1.13. The summed E-state index contributed by atoms with van der Waals surface area (Å²) in [5.74, 6) is -0.683. The Hall–Kier alpha value is -1.33. The fourth-order valence-electron chi connectivity index (χ4n) is 1.85. The van der Waals surface area contributed by atoms with E-state index >= 15 is 0 Å². The van der Waals surface area contributed by atoms with Crippen molar-refractivity contribution in [3.63, 3.8) is 0 Å². The van der Waals surface area contributed by atoms with E-state index in [1.165, 1.54) is 12.1 Å². The van der Waals surface area contributed by atoms with E-state index in [4.69, 9.17) is 51.1 Å². The fourth-order valence-corrected chi connectivity index (χ4v) is 2.76. The van der Waals surface area contributed by atoms with Crippen LogP contribution >= 0.6 is 46.4 Å². The summed E-state index contributed by atoms with van der Waals surface area (Å²) in [6.07, 6.45) is 0. The van der Waals surface area contributed by atoms with Gasteiger partial charge in [0.2, 0.25) is 0 Å². The highest BCUT2D eigenvalue weighted by Gasteiger charge is 2.15. The van der Waals surface area contributed by atoms with Crippen LogP contribution in [-0.2, 0) is 0 Å². The number of rotatable bonds is 6. The van der Waals surface area contributed by atoms with Crippen LogP contribution in [0.3, 0.4) is 0 Å². The Kier molecular flexibility index (Phi) is 6.25. The number of benzene rings is 2. The summed E-state index contributed by atoms with van der Waals surface area (Å²) in [7, 11) is 0. The maximum absolute atomic E-state index is 11.2. The Morgan fingerprint density at radius 2 is 1.87 bits per heavy atom. The van der Waals surface area contributed by atoms with Crippen LogP contribution in [0, 0.1) is 0 Å². The molecule has 0 bridgehead atoms. The Morgan fingerprint density at radius 3 is 2.57 bits per heavy atom. The van der Waals surface area contributed by atoms with E-state index in [0.717, 1.165) is 0 Å². The van der Waals surface area contributed by atoms with Crippen molar-refractivity contribution in [2.45, 2.75) is 0 Å². The normalized spacial score (nSPS) is 10.4. The molecule has 0 spiro atoms. The first-order chi connectivity index (χ1) is 10.9. The van der Waals surface area contributed by atoms with Gasteiger partial charge in [-0.25, -0.2) is 4.79 Å². The SMILES string of the molecule is O=C(O)c1cc(Cl)cc(Cl)c1NCCOc1cccc(Cl)c1Cl. The number of ether oxygens (including phenoxy) is 1. The summed E-state index contributed by atoms with van der Waals surface area (Å²) in [5, 5.41) is 13.3. The first-order valence-corrected chi connectivity index (χ1v) is 7.94. The Labute approximate surface area is 152 Å². The lowest BCUT2D eigenvalue weighted by Crippen LogP contribution is -2.14. The topological polar surface area (TPSA) is 58.6 Å². The highest BCUT2D eigenvalue weighted by molar-refractivity contribution is 6.42. The monoisotopic (exact) mass is 393 g/mol. The number of aromatic carboxylic acids is 1. The average molecular weight is 395 g/mol. The first-order valence-electron chi connectivity index (χ1n) is 6.43. The summed E-state index contributed by atoms with van der Waals surface area (Å²) >= 11 is 23.7. The third-order valence-corrected chi connectivity index (χ3v) is 4.18. The quantitative estimate of drug-likeness (QED) is 0.636. The van der Waals surface area contributed by atoms with Crippen molar-refractivity contribution in [1.82, 2.24) is 0 Å². The number of hydrogen-bond donors (Lipinski definition) is 2. The smallest absolute Gasteiger partial charge is 0.337 e. The Morgan fingerprint density at radius 1 is 1.13 bits per heavy atom. The van der Waals surface area contributed by atoms with Crippen molar-refractivity contribution in [1.29, 1.82) is 0 Å². The molecule has 0 aromatic heterocycles. The largest absolute Gasteiger partial charge is 0.490 e. The van der Waals surface area contributed by atoms with E-state index < -0.39 is 5.97 Å². The highest BCUT2D eigenvalue weighted by Crippen LogP contribution is 2.32. The molecule has 0 saturated carbocycles. The molecule has 0 aliphatic rings. The van der Waals surface area contributed by atoms with Crippen LogP contribution in [0.15, 0.2) is 30.3 Å². The summed E-state index contributed by atoms with van der Waals surface area (Å²) < 4.78 is 5.51. The summed E-state index contributed by atoms with van der Waals surface area (Å²) in [4.78, 5) is 11.2. The summed E-state index contributed by atoms with van der Waals surface area (Å²) in [5.41, 5.74) is 0.271. The first kappa shape index (κ1) is 18.0. The molecule has 4 nitrogen and oxygen atoms in total. The fraction of sp³-hybridized carbons (Fsp3) is 0.133. The van der Waals surface area contributed by atoms with Gasteiger partial charge in [0, 0.05) is 11.6 Å². The zero-order valence-electron chi connectivity index (χ0n) is 11.6. The lowest BCUT2D eigenvalue weighted by molar-refractivity contribution is 0.0698. The summed E-state index contributed by atoms with van der Waals surface area (Å²) in [6, 6.07) is 7.85. The van der Waals surface area contributed by atoms with E-state index in [-0.39, 0.29) is 27.9 Å². The van der Waals surface area contributed by atoms with Crippen LogP contribution in [0.5, 0.6) is 5.75 Å². The van der Waals surface area contributed by atoms with Crippen LogP contribution < -0.4 is 10.1 Å². The van der Waals surface area contributed by atoms with Gasteiger partial charge in [-0.2, -0.15) is 0 Å². The molecule has 0 heterocycles. The number of carboxylic acids is 1. The molecule has 0 aliphatic heterocycles. The molecule has 0 fully saturated rings. The van der Waals surface area contributed by atoms with E-state index in [2.05, 4.69) is 5.32 Å². The molecular formula is C15H11Cl4NO3. The minimum absolute atomic E-state index is 0.0108. The molecule has 2 aromatic rings. The molecule has 0 aliphatic carbocycles. The van der Waals surface area contributed by atoms with E-state index in [0.29, 0.717) is 22.3 Å². The van der Waals surface area contributed by atoms with Gasteiger partial charge in [0.1, 0.15) is 17.4 Å². The van der Waals surface area contributed by atoms with Gasteiger partial charge < -0.3 is 15.2 Å².